The van der Waals surface area contributed by atoms with Crippen LogP contribution in [0.25, 0.3) is 0 Å². The standard InChI is InChI=1S/C20H32O6/c1-14(21)8-7-11-19(3,4)17(22)10-13-20(5)12-9-16(25-26-20)15(2)18(23)24-6/h10,13,15-16H,7-9,11-12H2,1-6H3. The highest BCUT2D eigenvalue weighted by atomic mass is 17.2. The van der Waals surface area contributed by atoms with Gasteiger partial charge in [-0.05, 0) is 58.6 Å². The van der Waals surface area contributed by atoms with E-state index >= 15 is 0 Å². The fraction of sp³-hybridized carbons (Fsp3) is 0.750. The van der Waals surface area contributed by atoms with Gasteiger partial charge in [0.05, 0.1) is 13.0 Å². The van der Waals surface area contributed by atoms with Crippen molar-refractivity contribution in [1.82, 2.24) is 0 Å². The van der Waals surface area contributed by atoms with Crippen LogP contribution < -0.4 is 0 Å². The van der Waals surface area contributed by atoms with Crippen molar-refractivity contribution in [1.29, 1.82) is 0 Å². The number of carbonyl (C=O) groups is 3. The van der Waals surface area contributed by atoms with E-state index in [0.29, 0.717) is 32.1 Å². The molecule has 3 unspecified atom stereocenters. The third-order valence-corrected chi connectivity index (χ3v) is 5.00. The number of hydrogen-bond donors (Lipinski definition) is 0. The molecule has 0 spiro atoms. The molecule has 0 aromatic carbocycles. The van der Waals surface area contributed by atoms with Gasteiger partial charge in [0.25, 0.3) is 0 Å². The quantitative estimate of drug-likeness (QED) is 0.352. The molecular formula is C20H32O6. The number of allylic oxidation sites excluding steroid dienone is 1. The maximum absolute atomic E-state index is 12.5. The van der Waals surface area contributed by atoms with Crippen LogP contribution in [0.2, 0.25) is 0 Å². The molecule has 6 nitrogen and oxygen atoms in total. The van der Waals surface area contributed by atoms with Crippen molar-refractivity contribution in [2.75, 3.05) is 7.11 Å². The highest BCUT2D eigenvalue weighted by Gasteiger charge is 2.37. The lowest BCUT2D eigenvalue weighted by Crippen LogP contribution is -2.40. The number of methoxy groups -OCH3 is 1. The summed E-state index contributed by atoms with van der Waals surface area (Å²) in [6.45, 7) is 8.91. The first-order valence-electron chi connectivity index (χ1n) is 9.16. The number of esters is 1. The van der Waals surface area contributed by atoms with Gasteiger partial charge in [0.1, 0.15) is 17.5 Å². The molecule has 1 rings (SSSR count). The molecule has 26 heavy (non-hydrogen) atoms. The highest BCUT2D eigenvalue weighted by molar-refractivity contribution is 5.94. The minimum Gasteiger partial charge on any atom is -0.469 e. The Morgan fingerprint density at radius 3 is 2.50 bits per heavy atom. The minimum atomic E-state index is -0.711. The molecule has 0 aromatic heterocycles. The number of hydrogen-bond acceptors (Lipinski definition) is 6. The van der Waals surface area contributed by atoms with Gasteiger partial charge in [-0.15, -0.1) is 0 Å². The van der Waals surface area contributed by atoms with E-state index in [2.05, 4.69) is 0 Å². The first-order chi connectivity index (χ1) is 12.0. The van der Waals surface area contributed by atoms with Crippen LogP contribution in [0.15, 0.2) is 12.2 Å². The van der Waals surface area contributed by atoms with E-state index in [1.807, 2.05) is 20.8 Å². The summed E-state index contributed by atoms with van der Waals surface area (Å²) in [5, 5.41) is 0. The van der Waals surface area contributed by atoms with Gasteiger partial charge in [0, 0.05) is 11.8 Å². The average molecular weight is 368 g/mol. The summed E-state index contributed by atoms with van der Waals surface area (Å²) in [5.41, 5.74) is -1.24. The Bertz CT molecular complexity index is 541. The van der Waals surface area contributed by atoms with Gasteiger partial charge in [-0.1, -0.05) is 13.8 Å². The van der Waals surface area contributed by atoms with Crippen LogP contribution in [-0.4, -0.2) is 36.4 Å². The zero-order valence-corrected chi connectivity index (χ0v) is 16.8. The zero-order chi connectivity index (χ0) is 20.0. The van der Waals surface area contributed by atoms with E-state index in [4.69, 9.17) is 14.5 Å². The van der Waals surface area contributed by atoms with Crippen molar-refractivity contribution in [3.8, 4) is 0 Å². The molecule has 0 radical (unpaired) electrons. The summed E-state index contributed by atoms with van der Waals surface area (Å²) in [5.74, 6) is -0.605. The summed E-state index contributed by atoms with van der Waals surface area (Å²) < 4.78 is 4.73. The number of ether oxygens (including phenoxy) is 1. The summed E-state index contributed by atoms with van der Waals surface area (Å²) in [7, 11) is 1.35. The van der Waals surface area contributed by atoms with Crippen molar-refractivity contribution in [3.05, 3.63) is 12.2 Å². The Morgan fingerprint density at radius 1 is 1.35 bits per heavy atom. The number of Topliss-reactive ketones (excluding diaryl/α,β-unsaturated/α-hetero) is 1. The minimum absolute atomic E-state index is 0.00377. The molecule has 0 saturated carbocycles. The fourth-order valence-corrected chi connectivity index (χ4v) is 2.85. The summed E-state index contributed by atoms with van der Waals surface area (Å²) >= 11 is 0. The summed E-state index contributed by atoms with van der Waals surface area (Å²) in [6, 6.07) is 0. The normalized spacial score (nSPS) is 25.1. The van der Waals surface area contributed by atoms with Gasteiger partial charge < -0.3 is 9.53 Å². The molecule has 0 amide bonds. The average Bonchev–Trinajstić information content (AvgIpc) is 2.58. The number of rotatable bonds is 9. The SMILES string of the molecule is COC(=O)C(C)C1CCC(C)(C=CC(=O)C(C)(C)CCCC(C)=O)OO1. The second-order valence-corrected chi connectivity index (χ2v) is 8.02. The maximum atomic E-state index is 12.5. The second kappa shape index (κ2) is 9.42. The van der Waals surface area contributed by atoms with Crippen molar-refractivity contribution in [2.24, 2.45) is 11.3 Å². The molecule has 0 aliphatic carbocycles. The van der Waals surface area contributed by atoms with E-state index in [9.17, 15) is 14.4 Å². The van der Waals surface area contributed by atoms with Crippen LogP contribution in [0.5, 0.6) is 0 Å². The first kappa shape index (κ1) is 22.5. The molecule has 1 heterocycles. The lowest BCUT2D eigenvalue weighted by atomic mass is 9.81. The van der Waals surface area contributed by atoms with Crippen LogP contribution >= 0.6 is 0 Å². The molecule has 0 bridgehead atoms. The fourth-order valence-electron chi connectivity index (χ4n) is 2.85. The summed E-state index contributed by atoms with van der Waals surface area (Å²) in [6.07, 6.45) is 6.02. The van der Waals surface area contributed by atoms with Gasteiger partial charge in [-0.2, -0.15) is 0 Å². The molecule has 1 aliphatic rings. The highest BCUT2D eigenvalue weighted by Crippen LogP contribution is 2.32. The van der Waals surface area contributed by atoms with E-state index in [0.717, 1.165) is 0 Å². The lowest BCUT2D eigenvalue weighted by molar-refractivity contribution is -0.398. The van der Waals surface area contributed by atoms with Crippen molar-refractivity contribution >= 4 is 17.5 Å². The number of ketones is 2. The van der Waals surface area contributed by atoms with Crippen LogP contribution in [0, 0.1) is 11.3 Å². The Morgan fingerprint density at radius 2 is 2.00 bits per heavy atom. The molecule has 148 valence electrons. The Kier molecular flexibility index (Phi) is 8.15. The molecule has 0 N–H and O–H groups in total. The van der Waals surface area contributed by atoms with Gasteiger partial charge in [-0.3, -0.25) is 9.59 Å². The second-order valence-electron chi connectivity index (χ2n) is 8.02. The third-order valence-electron chi connectivity index (χ3n) is 5.00. The molecular weight excluding hydrogens is 336 g/mol. The van der Waals surface area contributed by atoms with Crippen molar-refractivity contribution in [3.63, 3.8) is 0 Å². The van der Waals surface area contributed by atoms with E-state index in [1.165, 1.54) is 7.11 Å². The van der Waals surface area contributed by atoms with Crippen LogP contribution in [-0.2, 0) is 28.9 Å². The van der Waals surface area contributed by atoms with Gasteiger partial charge >= 0.3 is 5.97 Å². The Balaban J connectivity index is 2.58. The lowest BCUT2D eigenvalue weighted by Gasteiger charge is -2.35. The van der Waals surface area contributed by atoms with E-state index in [1.54, 1.807) is 26.0 Å². The molecule has 1 aliphatic heterocycles. The number of carbonyl (C=O) groups excluding carboxylic acids is 3. The molecule has 6 heteroatoms. The monoisotopic (exact) mass is 368 g/mol. The van der Waals surface area contributed by atoms with Crippen molar-refractivity contribution < 1.29 is 28.9 Å². The molecule has 3 atom stereocenters. The first-order valence-corrected chi connectivity index (χ1v) is 9.16. The smallest absolute Gasteiger partial charge is 0.311 e. The Labute approximate surface area is 156 Å². The zero-order valence-electron chi connectivity index (χ0n) is 16.8. The molecule has 0 aromatic rings. The topological polar surface area (TPSA) is 78.9 Å². The largest absolute Gasteiger partial charge is 0.469 e. The van der Waals surface area contributed by atoms with Crippen molar-refractivity contribution in [2.45, 2.75) is 78.4 Å². The molecule has 1 saturated heterocycles. The predicted molar refractivity (Wildman–Crippen MR) is 97.2 cm³/mol. The molecule has 1 fully saturated rings. The Hall–Kier alpha value is -1.53. The predicted octanol–water partition coefficient (Wildman–Crippen LogP) is 3.58. The van der Waals surface area contributed by atoms with Crippen LogP contribution in [0.1, 0.15) is 66.7 Å². The van der Waals surface area contributed by atoms with Crippen LogP contribution in [0.4, 0.5) is 0 Å². The third kappa shape index (κ3) is 6.65. The van der Waals surface area contributed by atoms with Gasteiger partial charge in [-0.25, -0.2) is 9.78 Å². The van der Waals surface area contributed by atoms with E-state index < -0.39 is 16.9 Å². The van der Waals surface area contributed by atoms with E-state index in [-0.39, 0.29) is 23.6 Å². The van der Waals surface area contributed by atoms with Crippen LogP contribution in [0.3, 0.4) is 0 Å². The summed E-state index contributed by atoms with van der Waals surface area (Å²) in [4.78, 5) is 46.0. The maximum Gasteiger partial charge on any atom is 0.311 e. The van der Waals surface area contributed by atoms with Gasteiger partial charge in [0.15, 0.2) is 5.78 Å². The van der Waals surface area contributed by atoms with Gasteiger partial charge in [0.2, 0.25) is 0 Å².